The topological polar surface area (TPSA) is 17.8 Å². The van der Waals surface area contributed by atoms with E-state index in [4.69, 9.17) is 4.98 Å². The van der Waals surface area contributed by atoms with Crippen molar-refractivity contribution in [2.75, 3.05) is 0 Å². The highest BCUT2D eigenvalue weighted by atomic mass is 15.0. The molecule has 0 atom stereocenters. The molecule has 0 N–H and O–H groups in total. The number of hydrogen-bond acceptors (Lipinski definition) is 1. The quantitative estimate of drug-likeness (QED) is 0.175. The van der Waals surface area contributed by atoms with Crippen LogP contribution in [0.1, 0.15) is 0 Å². The lowest BCUT2D eigenvalue weighted by atomic mass is 9.82. The van der Waals surface area contributed by atoms with Crippen LogP contribution in [0.4, 0.5) is 0 Å². The van der Waals surface area contributed by atoms with Gasteiger partial charge in [0, 0.05) is 28.0 Å². The summed E-state index contributed by atoms with van der Waals surface area (Å²) >= 11 is 0. The van der Waals surface area contributed by atoms with Crippen LogP contribution in [0, 0.1) is 0 Å². The van der Waals surface area contributed by atoms with Crippen LogP contribution in [-0.4, -0.2) is 9.55 Å². The first kappa shape index (κ1) is 32.3. The SMILES string of the molecule is c1ccc(-c2c3c(c(-c4ccccc4)c4ccccc24)-c2ccc(-c4ccc5c(c4)c4ccc6ncccc6c4n5-c4ccc5ccccc5c4)c4cccc-3c24)cc1. The maximum atomic E-state index is 4.78. The number of aromatic nitrogens is 2. The molecule has 12 aromatic rings. The van der Waals surface area contributed by atoms with Gasteiger partial charge in [-0.15, -0.1) is 0 Å². The minimum atomic E-state index is 0.995. The van der Waals surface area contributed by atoms with Gasteiger partial charge in [0.25, 0.3) is 0 Å². The van der Waals surface area contributed by atoms with E-state index in [9.17, 15) is 0 Å². The van der Waals surface area contributed by atoms with Crippen LogP contribution in [0.3, 0.4) is 0 Å². The van der Waals surface area contributed by atoms with Gasteiger partial charge in [-0.05, 0) is 130 Å². The number of benzene rings is 10. The molecule has 2 heteroatoms. The lowest BCUT2D eigenvalue weighted by Gasteiger charge is -2.20. The van der Waals surface area contributed by atoms with Gasteiger partial charge >= 0.3 is 0 Å². The minimum Gasteiger partial charge on any atom is -0.309 e. The molecule has 0 bridgehead atoms. The van der Waals surface area contributed by atoms with Crippen LogP contribution in [0.5, 0.6) is 0 Å². The maximum absolute atomic E-state index is 4.78. The molecular weight excluding hydrogens is 713 g/mol. The number of fused-ring (bicyclic) bond motifs is 10. The molecule has 272 valence electrons. The van der Waals surface area contributed by atoms with Crippen molar-refractivity contribution in [1.29, 1.82) is 0 Å². The summed E-state index contributed by atoms with van der Waals surface area (Å²) in [7, 11) is 0. The van der Waals surface area contributed by atoms with Gasteiger partial charge in [-0.1, -0.05) is 158 Å². The van der Waals surface area contributed by atoms with Crippen molar-refractivity contribution in [1.82, 2.24) is 9.55 Å². The zero-order chi connectivity index (χ0) is 38.6. The monoisotopic (exact) mass is 746 g/mol. The molecule has 2 heterocycles. The summed E-state index contributed by atoms with van der Waals surface area (Å²) in [5.41, 5.74) is 17.2. The van der Waals surface area contributed by atoms with Gasteiger partial charge < -0.3 is 4.57 Å². The van der Waals surface area contributed by atoms with Gasteiger partial charge in [0.15, 0.2) is 0 Å². The van der Waals surface area contributed by atoms with E-state index >= 15 is 0 Å². The lowest BCUT2D eigenvalue weighted by molar-refractivity contribution is 1.19. The second-order valence-corrected chi connectivity index (χ2v) is 15.8. The highest BCUT2D eigenvalue weighted by molar-refractivity contribution is 6.29. The first-order chi connectivity index (χ1) is 29.3. The van der Waals surface area contributed by atoms with E-state index in [0.717, 1.165) is 16.6 Å². The number of hydrogen-bond donors (Lipinski definition) is 0. The predicted octanol–water partition coefficient (Wildman–Crippen LogP) is 15.4. The van der Waals surface area contributed by atoms with Crippen LogP contribution in [0.15, 0.2) is 206 Å². The third-order valence-electron chi connectivity index (χ3n) is 12.7. The highest BCUT2D eigenvalue weighted by Gasteiger charge is 2.31. The minimum absolute atomic E-state index is 0.995. The second kappa shape index (κ2) is 12.3. The number of rotatable bonds is 4. The molecule has 0 radical (unpaired) electrons. The summed E-state index contributed by atoms with van der Waals surface area (Å²) in [5.74, 6) is 0. The van der Waals surface area contributed by atoms with Gasteiger partial charge in [-0.2, -0.15) is 0 Å². The summed E-state index contributed by atoms with van der Waals surface area (Å²) < 4.78 is 2.44. The Bertz CT molecular complexity index is 3620. The molecule has 0 saturated heterocycles. The van der Waals surface area contributed by atoms with E-state index in [1.807, 2.05) is 6.20 Å². The van der Waals surface area contributed by atoms with Gasteiger partial charge in [0.05, 0.1) is 16.6 Å². The van der Waals surface area contributed by atoms with Gasteiger partial charge in [-0.3, -0.25) is 4.98 Å². The number of nitrogens with zero attached hydrogens (tertiary/aromatic N) is 2. The van der Waals surface area contributed by atoms with Crippen LogP contribution in [0.2, 0.25) is 0 Å². The molecule has 0 saturated carbocycles. The van der Waals surface area contributed by atoms with E-state index in [1.54, 1.807) is 0 Å². The second-order valence-electron chi connectivity index (χ2n) is 15.8. The molecule has 0 amide bonds. The predicted molar refractivity (Wildman–Crippen MR) is 249 cm³/mol. The summed E-state index contributed by atoms with van der Waals surface area (Å²) in [6.07, 6.45) is 1.89. The molecule has 1 aliphatic carbocycles. The van der Waals surface area contributed by atoms with E-state index in [1.165, 1.54) is 110 Å². The Morgan fingerprint density at radius 1 is 0.339 bits per heavy atom. The Labute approximate surface area is 340 Å². The van der Waals surface area contributed by atoms with Crippen molar-refractivity contribution in [3.05, 3.63) is 206 Å². The van der Waals surface area contributed by atoms with E-state index in [2.05, 4.69) is 205 Å². The summed E-state index contributed by atoms with van der Waals surface area (Å²) in [6, 6.07) is 73.8. The Morgan fingerprint density at radius 3 is 1.75 bits per heavy atom. The first-order valence-corrected chi connectivity index (χ1v) is 20.4. The zero-order valence-electron chi connectivity index (χ0n) is 32.0. The number of pyridine rings is 1. The van der Waals surface area contributed by atoms with Crippen LogP contribution in [-0.2, 0) is 0 Å². The largest absolute Gasteiger partial charge is 0.309 e. The molecule has 13 rings (SSSR count). The maximum Gasteiger partial charge on any atom is 0.0723 e. The van der Waals surface area contributed by atoms with Crippen molar-refractivity contribution < 1.29 is 0 Å². The van der Waals surface area contributed by atoms with Crippen molar-refractivity contribution in [2.45, 2.75) is 0 Å². The standard InChI is InChI=1S/C57H34N2/c1-3-14-36(15-4-1)52-43-19-9-10-20-44(43)53(37-16-5-2-6-17-37)56-48-28-27-41(42-21-11-22-47(54(42)48)55(52)56)39-25-31-51-49(34-39)45-29-30-50-46(23-12-32-58-50)57(45)59(51)40-26-24-35-13-7-8-18-38(35)33-40/h1-34H. The summed E-state index contributed by atoms with van der Waals surface area (Å²) in [4.78, 5) is 4.78. The fourth-order valence-electron chi connectivity index (χ4n) is 10.3. The molecule has 59 heavy (non-hydrogen) atoms. The zero-order valence-corrected chi connectivity index (χ0v) is 32.0. The molecule has 0 fully saturated rings. The summed E-state index contributed by atoms with van der Waals surface area (Å²) in [6.45, 7) is 0. The Morgan fingerprint density at radius 2 is 0.983 bits per heavy atom. The highest BCUT2D eigenvalue weighted by Crippen LogP contribution is 2.58. The molecule has 2 aromatic heterocycles. The third kappa shape index (κ3) is 4.60. The van der Waals surface area contributed by atoms with Crippen LogP contribution in [0.25, 0.3) is 126 Å². The normalized spacial score (nSPS) is 12.1. The Hall–Kier alpha value is -7.81. The average Bonchev–Trinajstić information content (AvgIpc) is 3.82. The molecule has 0 spiro atoms. The molecule has 1 aliphatic rings. The smallest absolute Gasteiger partial charge is 0.0723 e. The van der Waals surface area contributed by atoms with Crippen molar-refractivity contribution >= 4 is 65.0 Å². The summed E-state index contributed by atoms with van der Waals surface area (Å²) in [5, 5.41) is 11.2. The Balaban J connectivity index is 1.09. The van der Waals surface area contributed by atoms with E-state index in [0.29, 0.717) is 0 Å². The van der Waals surface area contributed by atoms with Gasteiger partial charge in [0.1, 0.15) is 0 Å². The molecular formula is C57H34N2. The molecule has 0 aliphatic heterocycles. The first-order valence-electron chi connectivity index (χ1n) is 20.4. The third-order valence-corrected chi connectivity index (χ3v) is 12.7. The fraction of sp³-hybridized carbons (Fsp3) is 0. The lowest BCUT2D eigenvalue weighted by Crippen LogP contribution is -1.95. The average molecular weight is 747 g/mol. The molecule has 0 unspecified atom stereocenters. The van der Waals surface area contributed by atoms with E-state index < -0.39 is 0 Å². The fourth-order valence-corrected chi connectivity index (χ4v) is 10.3. The van der Waals surface area contributed by atoms with Gasteiger partial charge in [0.2, 0.25) is 0 Å². The van der Waals surface area contributed by atoms with Crippen molar-refractivity contribution in [3.63, 3.8) is 0 Å². The van der Waals surface area contributed by atoms with Crippen LogP contribution >= 0.6 is 0 Å². The van der Waals surface area contributed by atoms with Crippen molar-refractivity contribution in [3.8, 4) is 61.3 Å². The molecule has 2 nitrogen and oxygen atoms in total. The van der Waals surface area contributed by atoms with E-state index in [-0.39, 0.29) is 0 Å². The Kier molecular flexibility index (Phi) is 6.76. The molecule has 10 aromatic carbocycles. The van der Waals surface area contributed by atoms with Crippen LogP contribution < -0.4 is 0 Å². The van der Waals surface area contributed by atoms with Crippen molar-refractivity contribution in [2.24, 2.45) is 0 Å². The van der Waals surface area contributed by atoms with Gasteiger partial charge in [-0.25, -0.2) is 0 Å².